The smallest absolute Gasteiger partial charge is 0.242 e. The Kier molecular flexibility index (Phi) is 6.26. The Morgan fingerprint density at radius 1 is 1.21 bits per heavy atom. The van der Waals surface area contributed by atoms with Crippen molar-refractivity contribution < 1.29 is 18.0 Å². The van der Waals surface area contributed by atoms with Crippen LogP contribution in [0.25, 0.3) is 0 Å². The van der Waals surface area contributed by atoms with Crippen LogP contribution in [0.3, 0.4) is 0 Å². The van der Waals surface area contributed by atoms with Gasteiger partial charge in [0, 0.05) is 29.4 Å². The summed E-state index contributed by atoms with van der Waals surface area (Å²) in [6.07, 6.45) is 1.38. The molecule has 2 N–H and O–H groups in total. The first-order valence-electron chi connectivity index (χ1n) is 9.17. The molecule has 1 fully saturated rings. The zero-order valence-corrected chi connectivity index (χ0v) is 17.7. The molecule has 0 aliphatic carbocycles. The first kappa shape index (κ1) is 21.3. The number of carbonyl (C=O) groups is 2. The molecule has 3 rings (SSSR count). The molecule has 1 atom stereocenters. The number of nitrogens with one attached hydrogen (secondary N) is 2. The van der Waals surface area contributed by atoms with E-state index in [2.05, 4.69) is 10.0 Å². The fraction of sp³-hybridized carbons (Fsp3) is 0.300. The monoisotopic (exact) mass is 435 g/mol. The Morgan fingerprint density at radius 3 is 2.59 bits per heavy atom. The van der Waals surface area contributed by atoms with Crippen LogP contribution >= 0.6 is 11.6 Å². The van der Waals surface area contributed by atoms with E-state index in [4.69, 9.17) is 11.6 Å². The second-order valence-electron chi connectivity index (χ2n) is 6.94. The van der Waals surface area contributed by atoms with Gasteiger partial charge in [-0.1, -0.05) is 17.7 Å². The van der Waals surface area contributed by atoms with Crippen LogP contribution in [0, 0.1) is 6.92 Å². The Labute approximate surface area is 175 Å². The van der Waals surface area contributed by atoms with E-state index in [1.54, 1.807) is 29.2 Å². The number of hydrogen-bond acceptors (Lipinski definition) is 4. The van der Waals surface area contributed by atoms with E-state index in [0.29, 0.717) is 18.7 Å². The number of halogens is 1. The molecule has 29 heavy (non-hydrogen) atoms. The average Bonchev–Trinajstić information content (AvgIpc) is 3.07. The Morgan fingerprint density at radius 2 is 1.97 bits per heavy atom. The fourth-order valence-corrected chi connectivity index (χ4v) is 4.68. The zero-order valence-electron chi connectivity index (χ0n) is 16.1. The molecule has 1 aliphatic heterocycles. The summed E-state index contributed by atoms with van der Waals surface area (Å²) in [5.41, 5.74) is 2.20. The van der Waals surface area contributed by atoms with Crippen molar-refractivity contribution in [1.82, 2.24) is 4.72 Å². The highest BCUT2D eigenvalue weighted by atomic mass is 35.5. The molecular weight excluding hydrogens is 414 g/mol. The maximum Gasteiger partial charge on any atom is 0.242 e. The van der Waals surface area contributed by atoms with E-state index in [1.165, 1.54) is 25.1 Å². The van der Waals surface area contributed by atoms with Crippen molar-refractivity contribution in [3.05, 3.63) is 53.1 Å². The van der Waals surface area contributed by atoms with E-state index in [1.807, 2.05) is 6.92 Å². The van der Waals surface area contributed by atoms with Crippen LogP contribution in [0.2, 0.25) is 5.02 Å². The van der Waals surface area contributed by atoms with E-state index in [-0.39, 0.29) is 15.8 Å². The lowest BCUT2D eigenvalue weighted by Crippen LogP contribution is -2.41. The maximum atomic E-state index is 12.5. The lowest BCUT2D eigenvalue weighted by Gasteiger charge is -2.20. The van der Waals surface area contributed by atoms with Gasteiger partial charge in [-0.15, -0.1) is 0 Å². The number of amides is 2. The molecular formula is C20H22ClN3O4S. The summed E-state index contributed by atoms with van der Waals surface area (Å²) in [5.74, 6) is -0.408. The number of anilines is 2. The molecule has 7 nitrogen and oxygen atoms in total. The fourth-order valence-electron chi connectivity index (χ4n) is 3.18. The summed E-state index contributed by atoms with van der Waals surface area (Å²) in [5, 5.41) is 2.99. The number of nitrogens with zero attached hydrogens (tertiary/aromatic N) is 1. The molecule has 2 aromatic rings. The predicted octanol–water partition coefficient (Wildman–Crippen LogP) is 3.08. The van der Waals surface area contributed by atoms with Gasteiger partial charge in [-0.2, -0.15) is 4.72 Å². The lowest BCUT2D eigenvalue weighted by atomic mass is 10.1. The zero-order chi connectivity index (χ0) is 21.2. The molecule has 2 amide bonds. The molecule has 1 saturated heterocycles. The third-order valence-corrected chi connectivity index (χ3v) is 6.43. The molecule has 154 valence electrons. The van der Waals surface area contributed by atoms with Crippen molar-refractivity contribution >= 4 is 44.8 Å². The highest BCUT2D eigenvalue weighted by molar-refractivity contribution is 7.89. The van der Waals surface area contributed by atoms with E-state index in [0.717, 1.165) is 17.7 Å². The van der Waals surface area contributed by atoms with Crippen LogP contribution < -0.4 is 14.9 Å². The van der Waals surface area contributed by atoms with Crippen molar-refractivity contribution in [2.45, 2.75) is 37.6 Å². The maximum absolute atomic E-state index is 12.5. The minimum Gasteiger partial charge on any atom is -0.325 e. The van der Waals surface area contributed by atoms with Gasteiger partial charge in [0.15, 0.2) is 0 Å². The number of aryl methyl sites for hydroxylation is 1. The minimum absolute atomic E-state index is 0.0138. The number of sulfonamides is 1. The summed E-state index contributed by atoms with van der Waals surface area (Å²) >= 11 is 5.84. The van der Waals surface area contributed by atoms with Crippen molar-refractivity contribution in [1.29, 1.82) is 0 Å². The first-order valence-corrected chi connectivity index (χ1v) is 11.0. The lowest BCUT2D eigenvalue weighted by molar-refractivity contribution is -0.118. The van der Waals surface area contributed by atoms with Crippen molar-refractivity contribution in [2.24, 2.45) is 0 Å². The van der Waals surface area contributed by atoms with Gasteiger partial charge in [-0.25, -0.2) is 8.42 Å². The summed E-state index contributed by atoms with van der Waals surface area (Å²) in [7, 11) is -3.89. The van der Waals surface area contributed by atoms with Gasteiger partial charge in [-0.05, 0) is 62.2 Å². The summed E-state index contributed by atoms with van der Waals surface area (Å²) in [4.78, 5) is 26.1. The Bertz CT molecular complexity index is 1060. The number of carbonyl (C=O) groups excluding carboxylic acids is 2. The molecule has 2 aromatic carbocycles. The van der Waals surface area contributed by atoms with Crippen LogP contribution in [-0.2, 0) is 19.6 Å². The van der Waals surface area contributed by atoms with Gasteiger partial charge >= 0.3 is 0 Å². The predicted molar refractivity (Wildman–Crippen MR) is 113 cm³/mol. The SMILES string of the molecule is Cc1cc(NC(=O)C(C)NS(=O)(=O)c2cccc(Cl)c2)ccc1N1CCCC1=O. The minimum atomic E-state index is -3.89. The number of benzene rings is 2. The van der Waals surface area contributed by atoms with E-state index in [9.17, 15) is 18.0 Å². The van der Waals surface area contributed by atoms with Crippen LogP contribution in [-0.4, -0.2) is 32.8 Å². The van der Waals surface area contributed by atoms with Crippen LogP contribution in [0.5, 0.6) is 0 Å². The van der Waals surface area contributed by atoms with Gasteiger partial charge in [0.2, 0.25) is 21.8 Å². The molecule has 0 aromatic heterocycles. The molecule has 0 saturated carbocycles. The van der Waals surface area contributed by atoms with E-state index >= 15 is 0 Å². The van der Waals surface area contributed by atoms with Crippen LogP contribution in [0.1, 0.15) is 25.3 Å². The molecule has 1 aliphatic rings. The molecule has 9 heteroatoms. The molecule has 0 bridgehead atoms. The molecule has 0 radical (unpaired) electrons. The average molecular weight is 436 g/mol. The van der Waals surface area contributed by atoms with Gasteiger partial charge in [0.25, 0.3) is 0 Å². The van der Waals surface area contributed by atoms with Gasteiger partial charge in [0.1, 0.15) is 0 Å². The van der Waals surface area contributed by atoms with Gasteiger partial charge in [0.05, 0.1) is 10.9 Å². The molecule has 1 unspecified atom stereocenters. The summed E-state index contributed by atoms with van der Waals surface area (Å²) < 4.78 is 27.2. The van der Waals surface area contributed by atoms with Crippen molar-refractivity contribution in [3.8, 4) is 0 Å². The largest absolute Gasteiger partial charge is 0.325 e. The Hall–Kier alpha value is -2.42. The standard InChI is InChI=1S/C20H22ClN3O4S/c1-13-11-16(8-9-18(13)24-10-4-7-19(24)25)22-20(26)14(2)23-29(27,28)17-6-3-5-15(21)12-17/h3,5-6,8-9,11-12,14,23H,4,7,10H2,1-2H3,(H,22,26). The van der Waals surface area contributed by atoms with Gasteiger partial charge in [-0.3, -0.25) is 9.59 Å². The third kappa shape index (κ3) is 4.95. The number of rotatable bonds is 6. The van der Waals surface area contributed by atoms with Gasteiger partial charge < -0.3 is 10.2 Å². The quantitative estimate of drug-likeness (QED) is 0.728. The van der Waals surface area contributed by atoms with E-state index < -0.39 is 22.0 Å². The van der Waals surface area contributed by atoms with Crippen molar-refractivity contribution in [3.63, 3.8) is 0 Å². The summed E-state index contributed by atoms with van der Waals surface area (Å²) in [6.45, 7) is 4.01. The second kappa shape index (κ2) is 8.52. The normalized spacial score (nSPS) is 15.4. The third-order valence-electron chi connectivity index (χ3n) is 4.66. The molecule has 1 heterocycles. The second-order valence-corrected chi connectivity index (χ2v) is 9.09. The summed E-state index contributed by atoms with van der Waals surface area (Å²) in [6, 6.07) is 10.1. The number of hydrogen-bond donors (Lipinski definition) is 2. The first-order chi connectivity index (χ1) is 13.7. The molecule has 0 spiro atoms. The highest BCUT2D eigenvalue weighted by Crippen LogP contribution is 2.27. The van der Waals surface area contributed by atoms with Crippen molar-refractivity contribution in [2.75, 3.05) is 16.8 Å². The highest BCUT2D eigenvalue weighted by Gasteiger charge is 2.24. The Balaban J connectivity index is 1.68. The van der Waals surface area contributed by atoms with Crippen LogP contribution in [0.15, 0.2) is 47.4 Å². The van der Waals surface area contributed by atoms with Crippen LogP contribution in [0.4, 0.5) is 11.4 Å². The topological polar surface area (TPSA) is 95.6 Å².